The van der Waals surface area contributed by atoms with Crippen LogP contribution >= 0.6 is 0 Å². The molecule has 1 heterocycles. The number of benzene rings is 4. The first-order chi connectivity index (χ1) is 24.7. The third-order valence-corrected chi connectivity index (χ3v) is 9.38. The zero-order valence-corrected chi connectivity index (χ0v) is 29.7. The number of rotatable bonds is 14. The maximum Gasteiger partial charge on any atom is 0.411 e. The summed E-state index contributed by atoms with van der Waals surface area (Å²) in [5.74, 6) is -0.381. The molecule has 0 radical (unpaired) electrons. The Labute approximate surface area is 300 Å². The molecule has 9 nitrogen and oxygen atoms in total. The summed E-state index contributed by atoms with van der Waals surface area (Å²) in [5, 5.41) is 8.95. The SMILES string of the molecule is CNC(C)Cc1cc(CNC(=O)Cc2ccc(N(C)C(=O)CCN3CCC(OC(=O)Nc4ccccc4-c4ccccc4)CC3)cc2)ccc1F. The number of amides is 3. The first-order valence-corrected chi connectivity index (χ1v) is 17.6. The van der Waals surface area contributed by atoms with E-state index < -0.39 is 6.09 Å². The van der Waals surface area contributed by atoms with Crippen molar-refractivity contribution >= 4 is 29.3 Å². The minimum atomic E-state index is -0.464. The highest BCUT2D eigenvalue weighted by atomic mass is 19.1. The van der Waals surface area contributed by atoms with Crippen LogP contribution in [0.2, 0.25) is 0 Å². The molecule has 3 N–H and O–H groups in total. The molecule has 0 spiro atoms. The fraction of sp³-hybridized carbons (Fsp3) is 0.341. The van der Waals surface area contributed by atoms with Crippen molar-refractivity contribution in [2.24, 2.45) is 0 Å². The molecule has 0 aliphatic carbocycles. The lowest BCUT2D eigenvalue weighted by Gasteiger charge is -2.31. The van der Waals surface area contributed by atoms with Crippen molar-refractivity contribution in [1.82, 2.24) is 15.5 Å². The Balaban J connectivity index is 1.01. The summed E-state index contributed by atoms with van der Waals surface area (Å²) in [7, 11) is 3.60. The zero-order valence-electron chi connectivity index (χ0n) is 29.7. The predicted molar refractivity (Wildman–Crippen MR) is 200 cm³/mol. The van der Waals surface area contributed by atoms with Crippen LogP contribution in [0.3, 0.4) is 0 Å². The smallest absolute Gasteiger partial charge is 0.411 e. The summed E-state index contributed by atoms with van der Waals surface area (Å²) in [5.41, 5.74) is 5.71. The molecule has 0 bridgehead atoms. The van der Waals surface area contributed by atoms with Gasteiger partial charge in [-0.1, -0.05) is 72.8 Å². The topological polar surface area (TPSA) is 103 Å². The van der Waals surface area contributed by atoms with Crippen molar-refractivity contribution in [3.63, 3.8) is 0 Å². The molecule has 268 valence electrons. The predicted octanol–water partition coefficient (Wildman–Crippen LogP) is 6.57. The van der Waals surface area contributed by atoms with Crippen LogP contribution in [0.5, 0.6) is 0 Å². The van der Waals surface area contributed by atoms with E-state index >= 15 is 0 Å². The minimum Gasteiger partial charge on any atom is -0.446 e. The van der Waals surface area contributed by atoms with E-state index in [-0.39, 0.29) is 36.2 Å². The molecule has 0 aromatic heterocycles. The van der Waals surface area contributed by atoms with Crippen LogP contribution in [0.4, 0.5) is 20.6 Å². The number of piperidine rings is 1. The van der Waals surface area contributed by atoms with E-state index in [4.69, 9.17) is 4.74 Å². The number of carbonyl (C=O) groups excluding carboxylic acids is 3. The quantitative estimate of drug-likeness (QED) is 0.138. The fourth-order valence-corrected chi connectivity index (χ4v) is 6.18. The number of halogens is 1. The molecule has 1 fully saturated rings. The van der Waals surface area contributed by atoms with Crippen LogP contribution in [-0.2, 0) is 33.7 Å². The van der Waals surface area contributed by atoms with Crippen LogP contribution in [0.15, 0.2) is 97.1 Å². The van der Waals surface area contributed by atoms with Crippen LogP contribution in [0.25, 0.3) is 11.1 Å². The fourth-order valence-electron chi connectivity index (χ4n) is 6.18. The van der Waals surface area contributed by atoms with Crippen molar-refractivity contribution in [2.45, 2.75) is 57.7 Å². The highest BCUT2D eigenvalue weighted by Gasteiger charge is 2.24. The number of carbonyl (C=O) groups is 3. The van der Waals surface area contributed by atoms with Gasteiger partial charge in [0.05, 0.1) is 12.1 Å². The molecule has 10 heteroatoms. The monoisotopic (exact) mass is 693 g/mol. The van der Waals surface area contributed by atoms with Crippen molar-refractivity contribution in [2.75, 3.05) is 43.9 Å². The van der Waals surface area contributed by atoms with Gasteiger partial charge in [0.2, 0.25) is 11.8 Å². The Morgan fingerprint density at radius 2 is 1.61 bits per heavy atom. The van der Waals surface area contributed by atoms with Crippen LogP contribution in [-0.4, -0.2) is 68.7 Å². The van der Waals surface area contributed by atoms with Gasteiger partial charge in [-0.25, -0.2) is 9.18 Å². The normalized spacial score (nSPS) is 14.0. The summed E-state index contributed by atoms with van der Waals surface area (Å²) in [4.78, 5) is 42.3. The summed E-state index contributed by atoms with van der Waals surface area (Å²) < 4.78 is 20.0. The lowest BCUT2D eigenvalue weighted by molar-refractivity contribution is -0.120. The second-order valence-corrected chi connectivity index (χ2v) is 13.1. The Bertz CT molecular complexity index is 1760. The Kier molecular flexibility index (Phi) is 13.3. The number of nitrogens with one attached hydrogen (secondary N) is 3. The van der Waals surface area contributed by atoms with Gasteiger partial charge >= 0.3 is 6.09 Å². The number of anilines is 2. The van der Waals surface area contributed by atoms with Crippen LogP contribution < -0.4 is 20.9 Å². The highest BCUT2D eigenvalue weighted by Crippen LogP contribution is 2.28. The summed E-state index contributed by atoms with van der Waals surface area (Å²) >= 11 is 0. The van der Waals surface area contributed by atoms with E-state index in [1.807, 2.05) is 92.8 Å². The zero-order chi connectivity index (χ0) is 36.2. The molecular formula is C41H48FN5O4. The molecule has 4 aromatic carbocycles. The standard InChI is InChI=1S/C41H48FN5O4/c1-29(43-2)25-33-26-31(15-18-37(33)42)28-44-39(48)27-30-13-16-34(17-14-30)46(3)40(49)21-24-47-22-19-35(20-23-47)51-41(50)45-38-12-8-7-11-36(38)32-9-5-4-6-10-32/h4-18,26,29,35,43H,19-25,27-28H2,1-3H3,(H,44,48)(H,45,50). The summed E-state index contributed by atoms with van der Waals surface area (Å²) in [6, 6.07) is 30.1. The van der Waals surface area contributed by atoms with Gasteiger partial charge in [0, 0.05) is 56.9 Å². The van der Waals surface area contributed by atoms with Gasteiger partial charge in [0.15, 0.2) is 0 Å². The summed E-state index contributed by atoms with van der Waals surface area (Å²) in [6.45, 7) is 4.41. The van der Waals surface area contributed by atoms with E-state index in [1.165, 1.54) is 6.07 Å². The number of para-hydroxylation sites is 1. The molecule has 1 aliphatic rings. The van der Waals surface area contributed by atoms with Crippen LogP contribution in [0.1, 0.15) is 42.9 Å². The number of nitrogens with zero attached hydrogens (tertiary/aromatic N) is 2. The van der Waals surface area contributed by atoms with Gasteiger partial charge in [-0.15, -0.1) is 0 Å². The number of hydrogen-bond donors (Lipinski definition) is 3. The minimum absolute atomic E-state index is 0.00176. The van der Waals surface area contributed by atoms with E-state index in [2.05, 4.69) is 20.9 Å². The number of hydrogen-bond acceptors (Lipinski definition) is 6. The first kappa shape index (κ1) is 37.2. The van der Waals surface area contributed by atoms with E-state index in [0.29, 0.717) is 50.0 Å². The molecule has 1 unspecified atom stereocenters. The van der Waals surface area contributed by atoms with Gasteiger partial charge in [0.1, 0.15) is 11.9 Å². The van der Waals surface area contributed by atoms with Gasteiger partial charge in [-0.3, -0.25) is 14.9 Å². The molecule has 51 heavy (non-hydrogen) atoms. The average molecular weight is 694 g/mol. The van der Waals surface area contributed by atoms with Crippen molar-refractivity contribution < 1.29 is 23.5 Å². The van der Waals surface area contributed by atoms with Gasteiger partial charge in [0.25, 0.3) is 0 Å². The molecule has 0 saturated carbocycles. The summed E-state index contributed by atoms with van der Waals surface area (Å²) in [6.07, 6.45) is 1.89. The lowest BCUT2D eigenvalue weighted by Crippen LogP contribution is -2.40. The Hall–Kier alpha value is -5.06. The van der Waals surface area contributed by atoms with E-state index in [1.54, 1.807) is 24.1 Å². The third kappa shape index (κ3) is 11.0. The second kappa shape index (κ2) is 18.3. The Morgan fingerprint density at radius 1 is 0.922 bits per heavy atom. The molecule has 5 rings (SSSR count). The molecular weight excluding hydrogens is 645 g/mol. The van der Waals surface area contributed by atoms with Gasteiger partial charge in [-0.2, -0.15) is 0 Å². The lowest BCUT2D eigenvalue weighted by atomic mass is 10.0. The number of ether oxygens (including phenoxy) is 1. The maximum atomic E-state index is 14.2. The highest BCUT2D eigenvalue weighted by molar-refractivity contribution is 5.93. The second-order valence-electron chi connectivity index (χ2n) is 13.1. The molecule has 4 aromatic rings. The molecule has 1 aliphatic heterocycles. The number of likely N-dealkylation sites (N-methyl/N-ethyl adjacent to an activating group) is 1. The van der Waals surface area contributed by atoms with E-state index in [0.717, 1.165) is 41.0 Å². The van der Waals surface area contributed by atoms with Crippen molar-refractivity contribution in [1.29, 1.82) is 0 Å². The first-order valence-electron chi connectivity index (χ1n) is 17.6. The molecule has 1 atom stereocenters. The van der Waals surface area contributed by atoms with Gasteiger partial charge in [-0.05, 0) is 79.8 Å². The largest absolute Gasteiger partial charge is 0.446 e. The Morgan fingerprint density at radius 3 is 2.33 bits per heavy atom. The van der Waals surface area contributed by atoms with Crippen molar-refractivity contribution in [3.05, 3.63) is 120 Å². The van der Waals surface area contributed by atoms with Gasteiger partial charge < -0.3 is 25.2 Å². The van der Waals surface area contributed by atoms with Crippen LogP contribution in [0, 0.1) is 5.82 Å². The maximum absolute atomic E-state index is 14.2. The number of likely N-dealkylation sites (tertiary alicyclic amines) is 1. The van der Waals surface area contributed by atoms with Crippen molar-refractivity contribution in [3.8, 4) is 11.1 Å². The third-order valence-electron chi connectivity index (χ3n) is 9.38. The molecule has 3 amide bonds. The molecule has 1 saturated heterocycles. The average Bonchev–Trinajstić information content (AvgIpc) is 3.15. The van der Waals surface area contributed by atoms with E-state index in [9.17, 15) is 18.8 Å².